The fraction of sp³-hybridized carbons (Fsp3) is 0.0952. The number of pyridine rings is 1. The molecule has 4 aromatic rings. The van der Waals surface area contributed by atoms with Crippen molar-refractivity contribution in [3.63, 3.8) is 0 Å². The summed E-state index contributed by atoms with van der Waals surface area (Å²) >= 11 is 3.51. The molecule has 0 saturated heterocycles. The predicted octanol–water partition coefficient (Wildman–Crippen LogP) is 5.20. The number of benzene rings is 2. The predicted molar refractivity (Wildman–Crippen MR) is 109 cm³/mol. The number of halogens is 1. The van der Waals surface area contributed by atoms with Gasteiger partial charge < -0.3 is 14.9 Å². The molecule has 0 radical (unpaired) electrons. The molecule has 1 amide bonds. The zero-order chi connectivity index (χ0) is 19.5. The number of hydrogen-bond donors (Lipinski definition) is 2. The van der Waals surface area contributed by atoms with E-state index in [2.05, 4.69) is 31.4 Å². The minimum atomic E-state index is -1.10. The first-order valence-corrected chi connectivity index (χ1v) is 9.45. The number of nitrogens with zero attached hydrogens (tertiary/aromatic N) is 2. The van der Waals surface area contributed by atoms with Crippen LogP contribution in [0.3, 0.4) is 0 Å². The van der Waals surface area contributed by atoms with Crippen molar-refractivity contribution in [2.24, 2.45) is 0 Å². The van der Waals surface area contributed by atoms with Gasteiger partial charge in [0, 0.05) is 33.7 Å². The third-order valence-electron chi connectivity index (χ3n) is 4.46. The largest absolute Gasteiger partial charge is 0.465 e. The van der Waals surface area contributed by atoms with E-state index >= 15 is 0 Å². The van der Waals surface area contributed by atoms with Gasteiger partial charge in [-0.25, -0.2) is 4.79 Å². The molecule has 6 nitrogen and oxygen atoms in total. The van der Waals surface area contributed by atoms with Crippen LogP contribution >= 0.6 is 15.9 Å². The summed E-state index contributed by atoms with van der Waals surface area (Å²) in [6.45, 7) is 0. The van der Waals surface area contributed by atoms with Gasteiger partial charge in [-0.1, -0.05) is 45.4 Å². The molecule has 4 rings (SSSR count). The molecule has 0 aliphatic carbocycles. The molecule has 2 aromatic heterocycles. The fourth-order valence-corrected chi connectivity index (χ4v) is 3.59. The van der Waals surface area contributed by atoms with Crippen molar-refractivity contribution < 1.29 is 14.4 Å². The monoisotopic (exact) mass is 437 g/mol. The molecule has 140 valence electrons. The molecule has 7 heteroatoms. The van der Waals surface area contributed by atoms with Crippen molar-refractivity contribution >= 4 is 33.0 Å². The minimum Gasteiger partial charge on any atom is -0.465 e. The Balaban J connectivity index is 1.84. The van der Waals surface area contributed by atoms with Gasteiger partial charge in [0.15, 0.2) is 5.58 Å². The van der Waals surface area contributed by atoms with Crippen LogP contribution in [0.25, 0.3) is 22.2 Å². The number of carbonyl (C=O) groups is 1. The molecule has 0 aliphatic rings. The van der Waals surface area contributed by atoms with Gasteiger partial charge in [0.1, 0.15) is 5.69 Å². The average molecular weight is 438 g/mol. The number of carboxylic acid groups (broad SMARTS) is 1. The minimum absolute atomic E-state index is 0.414. The summed E-state index contributed by atoms with van der Waals surface area (Å²) in [5.74, 6) is 0. The fourth-order valence-electron chi connectivity index (χ4n) is 3.23. The van der Waals surface area contributed by atoms with Crippen LogP contribution in [0, 0.1) is 0 Å². The molecule has 0 saturated carbocycles. The standard InChI is InChI=1S/C21H16BrN3O3/c22-13-8-9-15(18(24-21(26)27)12-14-5-3-4-10-23-14)17(11-13)20-16-6-1-2-7-19(16)28-25-20/h1-11,18,24H,12H2,(H,26,27). The number of nitrogens with one attached hydrogen (secondary N) is 1. The molecule has 0 bridgehead atoms. The van der Waals surface area contributed by atoms with Crippen molar-refractivity contribution in [1.29, 1.82) is 0 Å². The number of amides is 1. The quantitative estimate of drug-likeness (QED) is 0.447. The Hall–Kier alpha value is -3.19. The lowest BCUT2D eigenvalue weighted by Gasteiger charge is -2.20. The first kappa shape index (κ1) is 18.2. The van der Waals surface area contributed by atoms with E-state index in [9.17, 15) is 9.90 Å². The van der Waals surface area contributed by atoms with E-state index in [-0.39, 0.29) is 0 Å². The zero-order valence-corrected chi connectivity index (χ0v) is 16.3. The Kier molecular flexibility index (Phi) is 5.08. The lowest BCUT2D eigenvalue weighted by molar-refractivity contribution is 0.190. The van der Waals surface area contributed by atoms with E-state index in [1.54, 1.807) is 6.20 Å². The van der Waals surface area contributed by atoms with Gasteiger partial charge in [-0.05, 0) is 42.0 Å². The third-order valence-corrected chi connectivity index (χ3v) is 4.95. The van der Waals surface area contributed by atoms with Gasteiger partial charge >= 0.3 is 6.09 Å². The van der Waals surface area contributed by atoms with Crippen LogP contribution in [0.1, 0.15) is 17.3 Å². The van der Waals surface area contributed by atoms with E-state index in [1.165, 1.54) is 0 Å². The Bertz CT molecular complexity index is 1130. The lowest BCUT2D eigenvalue weighted by atomic mass is 9.93. The number of rotatable bonds is 5. The summed E-state index contributed by atoms with van der Waals surface area (Å²) in [6.07, 6.45) is 1.01. The highest BCUT2D eigenvalue weighted by molar-refractivity contribution is 9.10. The van der Waals surface area contributed by atoms with E-state index in [0.29, 0.717) is 17.7 Å². The lowest BCUT2D eigenvalue weighted by Crippen LogP contribution is -2.29. The van der Waals surface area contributed by atoms with Crippen molar-refractivity contribution in [3.8, 4) is 11.3 Å². The van der Waals surface area contributed by atoms with Crippen LogP contribution in [-0.4, -0.2) is 21.3 Å². The first-order valence-electron chi connectivity index (χ1n) is 8.65. The highest BCUT2D eigenvalue weighted by atomic mass is 79.9. The maximum atomic E-state index is 11.5. The van der Waals surface area contributed by atoms with Crippen LogP contribution in [0.2, 0.25) is 0 Å². The SMILES string of the molecule is O=C(O)NC(Cc1ccccn1)c1ccc(Br)cc1-c1noc2ccccc12. The molecule has 0 aliphatic heterocycles. The van der Waals surface area contributed by atoms with E-state index < -0.39 is 12.1 Å². The molecule has 2 N–H and O–H groups in total. The van der Waals surface area contributed by atoms with Gasteiger partial charge in [-0.2, -0.15) is 0 Å². The van der Waals surface area contributed by atoms with E-state index in [4.69, 9.17) is 4.52 Å². The van der Waals surface area contributed by atoms with Crippen molar-refractivity contribution in [2.75, 3.05) is 0 Å². The smallest absolute Gasteiger partial charge is 0.405 e. The topological polar surface area (TPSA) is 88.2 Å². The van der Waals surface area contributed by atoms with Crippen molar-refractivity contribution in [2.45, 2.75) is 12.5 Å². The first-order chi connectivity index (χ1) is 13.6. The molecule has 0 spiro atoms. The third kappa shape index (κ3) is 3.75. The normalized spacial score (nSPS) is 12.0. The van der Waals surface area contributed by atoms with Crippen molar-refractivity contribution in [3.05, 3.63) is 82.6 Å². The zero-order valence-electron chi connectivity index (χ0n) is 14.7. The molecular weight excluding hydrogens is 422 g/mol. The highest BCUT2D eigenvalue weighted by Crippen LogP contribution is 2.35. The van der Waals surface area contributed by atoms with Crippen molar-refractivity contribution in [1.82, 2.24) is 15.5 Å². The Morgan fingerprint density at radius 1 is 1.14 bits per heavy atom. The summed E-state index contributed by atoms with van der Waals surface area (Å²) < 4.78 is 6.33. The highest BCUT2D eigenvalue weighted by Gasteiger charge is 2.22. The molecule has 0 fully saturated rings. The van der Waals surface area contributed by atoms with Gasteiger partial charge in [-0.15, -0.1) is 0 Å². The van der Waals surface area contributed by atoms with Gasteiger partial charge in [-0.3, -0.25) is 4.98 Å². The maximum Gasteiger partial charge on any atom is 0.405 e. The van der Waals surface area contributed by atoms with Crippen LogP contribution < -0.4 is 5.32 Å². The Morgan fingerprint density at radius 2 is 1.96 bits per heavy atom. The number of para-hydroxylation sites is 1. The number of hydrogen-bond acceptors (Lipinski definition) is 4. The molecule has 2 heterocycles. The number of aromatic nitrogens is 2. The average Bonchev–Trinajstić information content (AvgIpc) is 3.12. The number of fused-ring (bicyclic) bond motifs is 1. The second-order valence-electron chi connectivity index (χ2n) is 6.29. The summed E-state index contributed by atoms with van der Waals surface area (Å²) in [5.41, 5.74) is 3.74. The second-order valence-corrected chi connectivity index (χ2v) is 7.20. The molecule has 2 aromatic carbocycles. The van der Waals surface area contributed by atoms with Gasteiger partial charge in [0.05, 0.1) is 6.04 Å². The molecular formula is C21H16BrN3O3. The van der Waals surface area contributed by atoms with Crippen LogP contribution in [0.4, 0.5) is 4.79 Å². The summed E-state index contributed by atoms with van der Waals surface area (Å²) in [5, 5.41) is 17.1. The summed E-state index contributed by atoms with van der Waals surface area (Å²) in [7, 11) is 0. The van der Waals surface area contributed by atoms with Crippen LogP contribution in [0.15, 0.2) is 75.9 Å². The summed E-state index contributed by atoms with van der Waals surface area (Å²) in [6, 6.07) is 18.4. The van der Waals surface area contributed by atoms with E-state index in [1.807, 2.05) is 60.7 Å². The van der Waals surface area contributed by atoms with Crippen LogP contribution in [-0.2, 0) is 6.42 Å². The Morgan fingerprint density at radius 3 is 2.75 bits per heavy atom. The Labute approximate surface area is 169 Å². The molecule has 28 heavy (non-hydrogen) atoms. The van der Waals surface area contributed by atoms with Crippen LogP contribution in [0.5, 0.6) is 0 Å². The van der Waals surface area contributed by atoms with E-state index in [0.717, 1.165) is 26.7 Å². The summed E-state index contributed by atoms with van der Waals surface area (Å²) in [4.78, 5) is 15.8. The van der Waals surface area contributed by atoms with Gasteiger partial charge in [0.2, 0.25) is 0 Å². The second kappa shape index (κ2) is 7.82. The maximum absolute atomic E-state index is 11.5. The van der Waals surface area contributed by atoms with Gasteiger partial charge in [0.25, 0.3) is 0 Å². The molecule has 1 atom stereocenters. The molecule has 1 unspecified atom stereocenters.